The maximum absolute atomic E-state index is 10.7. The van der Waals surface area contributed by atoms with Crippen molar-refractivity contribution in [2.75, 3.05) is 13.6 Å². The molecule has 2 rings (SSSR count). The lowest BCUT2D eigenvalue weighted by Crippen LogP contribution is -2.28. The summed E-state index contributed by atoms with van der Waals surface area (Å²) in [6, 6.07) is 6.13. The highest BCUT2D eigenvalue weighted by molar-refractivity contribution is 5.58. The van der Waals surface area contributed by atoms with Crippen molar-refractivity contribution in [1.82, 2.24) is 20.1 Å². The number of nitro groups is 1. The number of hydrogen-bond acceptors (Lipinski definition) is 6. The van der Waals surface area contributed by atoms with E-state index in [0.717, 1.165) is 0 Å². The van der Waals surface area contributed by atoms with Crippen LogP contribution in [0.15, 0.2) is 30.6 Å². The number of hydrogen-bond donors (Lipinski definition) is 2. The Morgan fingerprint density at radius 2 is 2.35 bits per heavy atom. The van der Waals surface area contributed by atoms with Crippen molar-refractivity contribution in [3.05, 3.63) is 40.7 Å². The normalized spacial score (nSPS) is 12.3. The van der Waals surface area contributed by atoms with E-state index in [1.54, 1.807) is 19.2 Å². The van der Waals surface area contributed by atoms with Crippen molar-refractivity contribution >= 4 is 5.69 Å². The molecule has 1 heterocycles. The molecule has 0 saturated heterocycles. The quantitative estimate of drug-likeness (QED) is 0.586. The molecule has 0 spiro atoms. The lowest BCUT2D eigenvalue weighted by Gasteiger charge is -2.08. The molecule has 2 aromatic rings. The highest BCUT2D eigenvalue weighted by Crippen LogP contribution is 2.20. The number of aliphatic hydroxyl groups is 1. The molecule has 2 N–H and O–H groups in total. The molecular formula is C12H15N5O3. The standard InChI is InChI=1S/C12H15N5O3/c1-13-6-11(18)7-16-8-14-12(15-16)9-3-2-4-10(5-9)17(19)20/h2-5,8,11,13,18H,6-7H2,1H3. The molecule has 106 valence electrons. The van der Waals surface area contributed by atoms with Gasteiger partial charge in [-0.1, -0.05) is 12.1 Å². The number of aromatic nitrogens is 3. The van der Waals surface area contributed by atoms with Gasteiger partial charge < -0.3 is 10.4 Å². The Labute approximate surface area is 115 Å². The minimum atomic E-state index is -0.570. The highest BCUT2D eigenvalue weighted by Gasteiger charge is 2.11. The van der Waals surface area contributed by atoms with Crippen molar-refractivity contribution in [2.45, 2.75) is 12.6 Å². The van der Waals surface area contributed by atoms with E-state index in [1.807, 2.05) is 0 Å². The summed E-state index contributed by atoms with van der Waals surface area (Å²) < 4.78 is 1.51. The zero-order valence-electron chi connectivity index (χ0n) is 10.9. The number of nitro benzene ring substituents is 1. The predicted molar refractivity (Wildman–Crippen MR) is 72.0 cm³/mol. The Hall–Kier alpha value is -2.32. The van der Waals surface area contributed by atoms with Crippen LogP contribution in [0.1, 0.15) is 0 Å². The van der Waals surface area contributed by atoms with Crippen LogP contribution in [0.2, 0.25) is 0 Å². The van der Waals surface area contributed by atoms with Crippen molar-refractivity contribution in [3.8, 4) is 11.4 Å². The first-order valence-corrected chi connectivity index (χ1v) is 6.07. The minimum absolute atomic E-state index is 0.00549. The fourth-order valence-electron chi connectivity index (χ4n) is 1.79. The van der Waals surface area contributed by atoms with Gasteiger partial charge in [-0.15, -0.1) is 0 Å². The third kappa shape index (κ3) is 3.37. The van der Waals surface area contributed by atoms with E-state index in [-0.39, 0.29) is 5.69 Å². The first-order valence-electron chi connectivity index (χ1n) is 6.07. The third-order valence-electron chi connectivity index (χ3n) is 2.69. The lowest BCUT2D eigenvalue weighted by molar-refractivity contribution is -0.384. The molecule has 0 radical (unpaired) electrons. The molecule has 0 aliphatic heterocycles. The molecular weight excluding hydrogens is 262 g/mol. The summed E-state index contributed by atoms with van der Waals surface area (Å²) in [6.45, 7) is 0.759. The van der Waals surface area contributed by atoms with Crippen LogP contribution in [0, 0.1) is 10.1 Å². The number of nitrogens with zero attached hydrogens (tertiary/aromatic N) is 4. The maximum atomic E-state index is 10.7. The Balaban J connectivity index is 2.16. The summed E-state index contributed by atoms with van der Waals surface area (Å²) in [5.74, 6) is 0.394. The molecule has 1 aromatic heterocycles. The van der Waals surface area contributed by atoms with Gasteiger partial charge in [0.05, 0.1) is 17.6 Å². The summed E-state index contributed by atoms with van der Waals surface area (Å²) in [6.07, 6.45) is 0.923. The molecule has 0 aliphatic rings. The number of aliphatic hydroxyl groups excluding tert-OH is 1. The van der Waals surface area contributed by atoms with Gasteiger partial charge in [0.25, 0.3) is 5.69 Å². The second-order valence-electron chi connectivity index (χ2n) is 4.31. The van der Waals surface area contributed by atoms with Crippen LogP contribution in [-0.4, -0.2) is 44.5 Å². The molecule has 8 nitrogen and oxygen atoms in total. The number of rotatable bonds is 6. The molecule has 0 amide bonds. The Bertz CT molecular complexity index is 598. The maximum Gasteiger partial charge on any atom is 0.270 e. The van der Waals surface area contributed by atoms with E-state index >= 15 is 0 Å². The lowest BCUT2D eigenvalue weighted by atomic mass is 10.2. The molecule has 1 atom stereocenters. The minimum Gasteiger partial charge on any atom is -0.390 e. The van der Waals surface area contributed by atoms with E-state index in [0.29, 0.717) is 24.5 Å². The summed E-state index contributed by atoms with van der Waals surface area (Å²) in [4.78, 5) is 14.4. The van der Waals surface area contributed by atoms with Crippen LogP contribution in [0.3, 0.4) is 0 Å². The van der Waals surface area contributed by atoms with Gasteiger partial charge >= 0.3 is 0 Å². The monoisotopic (exact) mass is 277 g/mol. The fourth-order valence-corrected chi connectivity index (χ4v) is 1.79. The predicted octanol–water partition coefficient (Wildman–Crippen LogP) is 0.434. The molecule has 8 heteroatoms. The number of benzene rings is 1. The Morgan fingerprint density at radius 3 is 3.05 bits per heavy atom. The molecule has 0 bridgehead atoms. The van der Waals surface area contributed by atoms with Crippen molar-refractivity contribution in [3.63, 3.8) is 0 Å². The van der Waals surface area contributed by atoms with E-state index in [1.165, 1.54) is 23.1 Å². The van der Waals surface area contributed by atoms with Gasteiger partial charge in [-0.2, -0.15) is 5.10 Å². The second kappa shape index (κ2) is 6.22. The topological polar surface area (TPSA) is 106 Å². The second-order valence-corrected chi connectivity index (χ2v) is 4.31. The fraction of sp³-hybridized carbons (Fsp3) is 0.333. The van der Waals surface area contributed by atoms with Crippen LogP contribution in [0.4, 0.5) is 5.69 Å². The van der Waals surface area contributed by atoms with Gasteiger partial charge in [-0.25, -0.2) is 9.67 Å². The van der Waals surface area contributed by atoms with Crippen LogP contribution in [0.25, 0.3) is 11.4 Å². The van der Waals surface area contributed by atoms with Crippen molar-refractivity contribution in [2.24, 2.45) is 0 Å². The Morgan fingerprint density at radius 1 is 1.55 bits per heavy atom. The van der Waals surface area contributed by atoms with Gasteiger partial charge in [-0.05, 0) is 7.05 Å². The largest absolute Gasteiger partial charge is 0.390 e. The molecule has 1 unspecified atom stereocenters. The van der Waals surface area contributed by atoms with Crippen LogP contribution in [0.5, 0.6) is 0 Å². The smallest absolute Gasteiger partial charge is 0.270 e. The van der Waals surface area contributed by atoms with Crippen molar-refractivity contribution in [1.29, 1.82) is 0 Å². The summed E-state index contributed by atoms with van der Waals surface area (Å²) >= 11 is 0. The average molecular weight is 277 g/mol. The Kier molecular flexibility index (Phi) is 4.38. The zero-order chi connectivity index (χ0) is 14.5. The third-order valence-corrected chi connectivity index (χ3v) is 2.69. The highest BCUT2D eigenvalue weighted by atomic mass is 16.6. The first kappa shape index (κ1) is 14.1. The van der Waals surface area contributed by atoms with Crippen LogP contribution >= 0.6 is 0 Å². The van der Waals surface area contributed by atoms with E-state index in [2.05, 4.69) is 15.4 Å². The van der Waals surface area contributed by atoms with Gasteiger partial charge in [0, 0.05) is 24.2 Å². The molecule has 20 heavy (non-hydrogen) atoms. The van der Waals surface area contributed by atoms with Gasteiger partial charge in [0.2, 0.25) is 0 Å². The number of likely N-dealkylation sites (N-methyl/N-ethyl adjacent to an activating group) is 1. The van der Waals surface area contributed by atoms with Crippen LogP contribution < -0.4 is 5.32 Å². The zero-order valence-corrected chi connectivity index (χ0v) is 10.9. The van der Waals surface area contributed by atoms with Gasteiger partial charge in [0.1, 0.15) is 6.33 Å². The first-order chi connectivity index (χ1) is 9.60. The van der Waals surface area contributed by atoms with Crippen LogP contribution in [-0.2, 0) is 6.54 Å². The van der Waals surface area contributed by atoms with Gasteiger partial charge in [0.15, 0.2) is 5.82 Å². The molecule has 0 aliphatic carbocycles. The molecule has 1 aromatic carbocycles. The molecule has 0 saturated carbocycles. The molecule has 0 fully saturated rings. The summed E-state index contributed by atoms with van der Waals surface area (Å²) in [7, 11) is 1.75. The van der Waals surface area contributed by atoms with Crippen molar-refractivity contribution < 1.29 is 10.0 Å². The number of nitrogens with one attached hydrogen (secondary N) is 1. The summed E-state index contributed by atoms with van der Waals surface area (Å²) in [5.41, 5.74) is 0.565. The van der Waals surface area contributed by atoms with E-state index in [9.17, 15) is 15.2 Å². The van der Waals surface area contributed by atoms with E-state index < -0.39 is 11.0 Å². The number of non-ortho nitro benzene ring substituents is 1. The average Bonchev–Trinajstić information content (AvgIpc) is 2.87. The van der Waals surface area contributed by atoms with Gasteiger partial charge in [-0.3, -0.25) is 10.1 Å². The van der Waals surface area contributed by atoms with E-state index in [4.69, 9.17) is 0 Å². The summed E-state index contributed by atoms with van der Waals surface area (Å²) in [5, 5.41) is 27.4. The SMILES string of the molecule is CNCC(O)Cn1cnc(-c2cccc([N+](=O)[O-])c2)n1.